The van der Waals surface area contributed by atoms with E-state index in [4.69, 9.17) is 27.9 Å². The molecular weight excluding hydrogens is 408 g/mol. The van der Waals surface area contributed by atoms with Gasteiger partial charge in [-0.15, -0.1) is 0 Å². The Labute approximate surface area is 171 Å². The Morgan fingerprint density at radius 2 is 1.75 bits per heavy atom. The number of amides is 1. The maximum absolute atomic E-state index is 13.8. The summed E-state index contributed by atoms with van der Waals surface area (Å²) in [5.74, 6) is -3.13. The number of esters is 1. The van der Waals surface area contributed by atoms with Crippen LogP contribution in [0.1, 0.15) is 34.6 Å². The van der Waals surface area contributed by atoms with Gasteiger partial charge in [0.15, 0.2) is 6.61 Å². The van der Waals surface area contributed by atoms with E-state index >= 15 is 0 Å². The third kappa shape index (κ3) is 5.53. The number of halogens is 3. The average molecular weight is 426 g/mol. The van der Waals surface area contributed by atoms with Crippen molar-refractivity contribution in [3.05, 3.63) is 69.5 Å². The van der Waals surface area contributed by atoms with E-state index in [1.165, 1.54) is 36.4 Å². The molecule has 1 N–H and O–H groups in total. The first kappa shape index (κ1) is 21.9. The molecule has 1 atom stereocenters. The van der Waals surface area contributed by atoms with Crippen LogP contribution in [0.4, 0.5) is 4.39 Å². The van der Waals surface area contributed by atoms with E-state index < -0.39 is 36.1 Å². The Kier molecular flexibility index (Phi) is 7.54. The van der Waals surface area contributed by atoms with Crippen LogP contribution >= 0.6 is 23.2 Å². The highest BCUT2D eigenvalue weighted by Gasteiger charge is 2.28. The minimum absolute atomic E-state index is 0.141. The van der Waals surface area contributed by atoms with Crippen molar-refractivity contribution in [3.63, 3.8) is 0 Å². The second kappa shape index (κ2) is 9.66. The summed E-state index contributed by atoms with van der Waals surface area (Å²) in [6.07, 6.45) is 0. The Morgan fingerprint density at radius 1 is 1.07 bits per heavy atom. The molecular formula is C20H18Cl2FNO4. The summed E-state index contributed by atoms with van der Waals surface area (Å²) < 4.78 is 18.8. The fourth-order valence-electron chi connectivity index (χ4n) is 2.38. The Balaban J connectivity index is 2.03. The molecule has 0 aliphatic rings. The normalized spacial score (nSPS) is 11.8. The number of hydrogen-bond acceptors (Lipinski definition) is 4. The predicted molar refractivity (Wildman–Crippen MR) is 104 cm³/mol. The highest BCUT2D eigenvalue weighted by atomic mass is 35.5. The standard InChI is InChI=1S/C20H18Cl2FNO4/c1-11(2)18(24-19(26)14-5-3-4-6-16(14)23)20(27)28-10-17(25)13-8-7-12(21)9-15(13)22/h3-9,11,18H,10H2,1-2H3,(H,24,26). The van der Waals surface area contributed by atoms with Crippen LogP contribution in [0.15, 0.2) is 42.5 Å². The van der Waals surface area contributed by atoms with Gasteiger partial charge in [-0.2, -0.15) is 0 Å². The van der Waals surface area contributed by atoms with E-state index in [0.717, 1.165) is 6.07 Å². The van der Waals surface area contributed by atoms with Crippen LogP contribution in [0.5, 0.6) is 0 Å². The first-order valence-electron chi connectivity index (χ1n) is 8.41. The summed E-state index contributed by atoms with van der Waals surface area (Å²) in [6, 6.07) is 8.69. The number of Topliss-reactive ketones (excluding diaryl/α,β-unsaturated/α-hetero) is 1. The zero-order valence-corrected chi connectivity index (χ0v) is 16.7. The Morgan fingerprint density at radius 3 is 2.36 bits per heavy atom. The van der Waals surface area contributed by atoms with Crippen LogP contribution in [0.2, 0.25) is 10.0 Å². The van der Waals surface area contributed by atoms with Crippen molar-refractivity contribution >= 4 is 40.9 Å². The molecule has 0 heterocycles. The van der Waals surface area contributed by atoms with Crippen LogP contribution in [0.25, 0.3) is 0 Å². The summed E-state index contributed by atoms with van der Waals surface area (Å²) in [7, 11) is 0. The minimum atomic E-state index is -1.06. The molecule has 5 nitrogen and oxygen atoms in total. The van der Waals surface area contributed by atoms with Gasteiger partial charge in [0.1, 0.15) is 11.9 Å². The molecule has 0 aliphatic carbocycles. The highest BCUT2D eigenvalue weighted by Crippen LogP contribution is 2.21. The van der Waals surface area contributed by atoms with E-state index in [-0.39, 0.29) is 22.1 Å². The fourth-order valence-corrected chi connectivity index (χ4v) is 2.90. The topological polar surface area (TPSA) is 72.5 Å². The van der Waals surface area contributed by atoms with Gasteiger partial charge in [-0.05, 0) is 36.2 Å². The lowest BCUT2D eigenvalue weighted by atomic mass is 10.0. The van der Waals surface area contributed by atoms with Crippen LogP contribution in [0, 0.1) is 11.7 Å². The zero-order chi connectivity index (χ0) is 20.8. The molecule has 0 aliphatic heterocycles. The molecule has 0 radical (unpaired) electrons. The molecule has 28 heavy (non-hydrogen) atoms. The van der Waals surface area contributed by atoms with Crippen molar-refractivity contribution in [2.45, 2.75) is 19.9 Å². The fraction of sp³-hybridized carbons (Fsp3) is 0.250. The van der Waals surface area contributed by atoms with Gasteiger partial charge in [-0.3, -0.25) is 9.59 Å². The first-order chi connectivity index (χ1) is 13.2. The largest absolute Gasteiger partial charge is 0.456 e. The quantitative estimate of drug-likeness (QED) is 0.529. The van der Waals surface area contributed by atoms with E-state index in [1.54, 1.807) is 13.8 Å². The SMILES string of the molecule is CC(C)C(NC(=O)c1ccccc1F)C(=O)OCC(=O)c1ccc(Cl)cc1Cl. The summed E-state index contributed by atoms with van der Waals surface area (Å²) in [5, 5.41) is 2.96. The average Bonchev–Trinajstić information content (AvgIpc) is 2.63. The molecule has 2 aromatic carbocycles. The summed E-state index contributed by atoms with van der Waals surface area (Å²) in [4.78, 5) is 36.9. The van der Waals surface area contributed by atoms with Crippen molar-refractivity contribution < 1.29 is 23.5 Å². The number of carbonyl (C=O) groups excluding carboxylic acids is 3. The van der Waals surface area contributed by atoms with Gasteiger partial charge in [0.25, 0.3) is 5.91 Å². The van der Waals surface area contributed by atoms with Crippen LogP contribution < -0.4 is 5.32 Å². The van der Waals surface area contributed by atoms with Gasteiger partial charge in [0, 0.05) is 10.6 Å². The molecule has 0 saturated heterocycles. The molecule has 1 unspecified atom stereocenters. The molecule has 1 amide bonds. The van der Waals surface area contributed by atoms with Gasteiger partial charge in [0.2, 0.25) is 5.78 Å². The zero-order valence-electron chi connectivity index (χ0n) is 15.2. The molecule has 2 rings (SSSR count). The number of carbonyl (C=O) groups is 3. The number of ketones is 1. The molecule has 0 bridgehead atoms. The van der Waals surface area contributed by atoms with Crippen LogP contribution in [0.3, 0.4) is 0 Å². The maximum Gasteiger partial charge on any atom is 0.329 e. The Bertz CT molecular complexity index is 902. The van der Waals surface area contributed by atoms with Gasteiger partial charge in [-0.1, -0.05) is 49.2 Å². The monoisotopic (exact) mass is 425 g/mol. The lowest BCUT2D eigenvalue weighted by Crippen LogP contribution is -2.46. The van der Waals surface area contributed by atoms with Crippen LogP contribution in [-0.2, 0) is 9.53 Å². The number of rotatable bonds is 7. The van der Waals surface area contributed by atoms with E-state index in [1.807, 2.05) is 0 Å². The van der Waals surface area contributed by atoms with Crippen molar-refractivity contribution in [1.82, 2.24) is 5.32 Å². The molecule has 2 aromatic rings. The second-order valence-corrected chi connectivity index (χ2v) is 7.17. The van der Waals surface area contributed by atoms with Gasteiger partial charge < -0.3 is 10.1 Å². The van der Waals surface area contributed by atoms with Crippen molar-refractivity contribution in [3.8, 4) is 0 Å². The molecule has 0 aromatic heterocycles. The number of hydrogen-bond donors (Lipinski definition) is 1. The Hall–Kier alpha value is -2.44. The number of ether oxygens (including phenoxy) is 1. The highest BCUT2D eigenvalue weighted by molar-refractivity contribution is 6.36. The van der Waals surface area contributed by atoms with E-state index in [0.29, 0.717) is 5.02 Å². The second-order valence-electron chi connectivity index (χ2n) is 6.33. The maximum atomic E-state index is 13.8. The van der Waals surface area contributed by atoms with Crippen molar-refractivity contribution in [1.29, 1.82) is 0 Å². The summed E-state index contributed by atoms with van der Waals surface area (Å²) in [5.41, 5.74) is -0.0275. The number of nitrogens with one attached hydrogen (secondary N) is 1. The van der Waals surface area contributed by atoms with Gasteiger partial charge in [0.05, 0.1) is 10.6 Å². The van der Waals surface area contributed by atoms with E-state index in [9.17, 15) is 18.8 Å². The minimum Gasteiger partial charge on any atom is -0.456 e. The molecule has 0 spiro atoms. The molecule has 8 heteroatoms. The lowest BCUT2D eigenvalue weighted by Gasteiger charge is -2.21. The predicted octanol–water partition coefficient (Wildman–Crippen LogP) is 4.31. The van der Waals surface area contributed by atoms with Crippen LogP contribution in [-0.4, -0.2) is 30.3 Å². The van der Waals surface area contributed by atoms with E-state index in [2.05, 4.69) is 5.32 Å². The molecule has 148 valence electrons. The van der Waals surface area contributed by atoms with Gasteiger partial charge in [-0.25, -0.2) is 9.18 Å². The lowest BCUT2D eigenvalue weighted by molar-refractivity contribution is -0.145. The summed E-state index contributed by atoms with van der Waals surface area (Å²) in [6.45, 7) is 2.82. The molecule has 0 fully saturated rings. The van der Waals surface area contributed by atoms with Crippen molar-refractivity contribution in [2.24, 2.45) is 5.92 Å². The number of benzene rings is 2. The molecule has 0 saturated carbocycles. The third-order valence-corrected chi connectivity index (χ3v) is 4.45. The smallest absolute Gasteiger partial charge is 0.329 e. The van der Waals surface area contributed by atoms with Gasteiger partial charge >= 0.3 is 5.97 Å². The first-order valence-corrected chi connectivity index (χ1v) is 9.16. The summed E-state index contributed by atoms with van der Waals surface area (Å²) >= 11 is 11.8. The third-order valence-electron chi connectivity index (χ3n) is 3.90. The van der Waals surface area contributed by atoms with Crippen molar-refractivity contribution in [2.75, 3.05) is 6.61 Å².